The molecule has 0 aromatic heterocycles. The van der Waals surface area contributed by atoms with E-state index in [9.17, 15) is 9.59 Å². The molecule has 0 aliphatic carbocycles. The van der Waals surface area contributed by atoms with Gasteiger partial charge in [-0.25, -0.2) is 4.79 Å². The van der Waals surface area contributed by atoms with Gasteiger partial charge in [-0.2, -0.15) is 0 Å². The zero-order valence-corrected chi connectivity index (χ0v) is 15.8. The summed E-state index contributed by atoms with van der Waals surface area (Å²) in [5.41, 5.74) is 3.28. The summed E-state index contributed by atoms with van der Waals surface area (Å²) in [5.74, 6) is 0.0566. The SMILES string of the molecule is CC[NH+](CC)CCNC(=O)N[C@@H]1CC(=O)N(c2ccc(C)c(C)c2)C1. The molecule has 1 saturated heterocycles. The van der Waals surface area contributed by atoms with Crippen LogP contribution in [0.1, 0.15) is 31.4 Å². The van der Waals surface area contributed by atoms with E-state index in [0.29, 0.717) is 19.5 Å². The van der Waals surface area contributed by atoms with E-state index < -0.39 is 0 Å². The Morgan fingerprint density at radius 1 is 1.24 bits per heavy atom. The molecule has 1 aliphatic rings. The fourth-order valence-corrected chi connectivity index (χ4v) is 3.14. The third kappa shape index (κ3) is 5.19. The Hall–Kier alpha value is -2.08. The minimum absolute atomic E-state index is 0.0566. The third-order valence-electron chi connectivity index (χ3n) is 5.03. The van der Waals surface area contributed by atoms with Gasteiger partial charge in [0.25, 0.3) is 0 Å². The number of aryl methyl sites for hydroxylation is 2. The van der Waals surface area contributed by atoms with Crippen LogP contribution in [0, 0.1) is 13.8 Å². The summed E-state index contributed by atoms with van der Waals surface area (Å²) in [6.07, 6.45) is 0.349. The van der Waals surface area contributed by atoms with E-state index in [0.717, 1.165) is 25.3 Å². The summed E-state index contributed by atoms with van der Waals surface area (Å²) in [6.45, 7) is 12.6. The van der Waals surface area contributed by atoms with Gasteiger partial charge in [0.2, 0.25) is 5.91 Å². The summed E-state index contributed by atoms with van der Waals surface area (Å²) in [7, 11) is 0. The first kappa shape index (κ1) is 19.2. The van der Waals surface area contributed by atoms with Crippen molar-refractivity contribution in [2.24, 2.45) is 0 Å². The number of nitrogens with one attached hydrogen (secondary N) is 3. The second-order valence-corrected chi connectivity index (χ2v) is 6.78. The zero-order valence-electron chi connectivity index (χ0n) is 15.8. The lowest BCUT2D eigenvalue weighted by molar-refractivity contribution is -0.895. The Morgan fingerprint density at radius 2 is 1.96 bits per heavy atom. The quantitative estimate of drug-likeness (QED) is 0.677. The van der Waals surface area contributed by atoms with E-state index >= 15 is 0 Å². The van der Waals surface area contributed by atoms with Crippen LogP contribution in [0.15, 0.2) is 18.2 Å². The van der Waals surface area contributed by atoms with E-state index in [-0.39, 0.29) is 18.0 Å². The molecule has 1 aliphatic heterocycles. The number of amides is 3. The van der Waals surface area contributed by atoms with Crippen molar-refractivity contribution < 1.29 is 14.5 Å². The van der Waals surface area contributed by atoms with Crippen molar-refractivity contribution in [3.8, 4) is 0 Å². The van der Waals surface area contributed by atoms with E-state index in [1.54, 1.807) is 4.90 Å². The van der Waals surface area contributed by atoms with Crippen molar-refractivity contribution in [1.82, 2.24) is 10.6 Å². The van der Waals surface area contributed by atoms with Crippen LogP contribution in [0.2, 0.25) is 0 Å². The molecular formula is C19H31N4O2+. The molecule has 3 N–H and O–H groups in total. The fourth-order valence-electron chi connectivity index (χ4n) is 3.14. The van der Waals surface area contributed by atoms with Gasteiger partial charge >= 0.3 is 6.03 Å². The van der Waals surface area contributed by atoms with E-state index in [1.165, 1.54) is 16.0 Å². The smallest absolute Gasteiger partial charge is 0.315 e. The number of anilines is 1. The predicted octanol–water partition coefficient (Wildman–Crippen LogP) is 0.633. The average Bonchev–Trinajstić information content (AvgIpc) is 2.94. The van der Waals surface area contributed by atoms with Crippen LogP contribution in [0.4, 0.5) is 10.5 Å². The first-order valence-corrected chi connectivity index (χ1v) is 9.20. The van der Waals surface area contributed by atoms with Gasteiger partial charge in [-0.05, 0) is 51.0 Å². The molecule has 0 radical (unpaired) electrons. The molecule has 25 heavy (non-hydrogen) atoms. The van der Waals surface area contributed by atoms with Gasteiger partial charge in [0.1, 0.15) is 0 Å². The van der Waals surface area contributed by atoms with Gasteiger partial charge < -0.3 is 20.4 Å². The van der Waals surface area contributed by atoms with Crippen LogP contribution in [-0.2, 0) is 4.79 Å². The number of carbonyl (C=O) groups excluding carboxylic acids is 2. The molecule has 0 unspecified atom stereocenters. The highest BCUT2D eigenvalue weighted by Gasteiger charge is 2.31. The molecular weight excluding hydrogens is 316 g/mol. The molecule has 3 amide bonds. The molecule has 0 saturated carbocycles. The normalized spacial score (nSPS) is 17.2. The first-order valence-electron chi connectivity index (χ1n) is 9.20. The Labute approximate surface area is 150 Å². The van der Waals surface area contributed by atoms with Crippen molar-refractivity contribution in [3.05, 3.63) is 29.3 Å². The van der Waals surface area contributed by atoms with E-state index in [4.69, 9.17) is 0 Å². The molecule has 2 rings (SSSR count). The predicted molar refractivity (Wildman–Crippen MR) is 100 cm³/mol. The molecule has 1 aromatic rings. The van der Waals surface area contributed by atoms with E-state index in [2.05, 4.69) is 31.4 Å². The van der Waals surface area contributed by atoms with Crippen molar-refractivity contribution in [1.29, 1.82) is 0 Å². The second kappa shape index (κ2) is 8.85. The number of urea groups is 1. The minimum atomic E-state index is -0.189. The molecule has 1 atom stereocenters. The number of hydrogen-bond donors (Lipinski definition) is 3. The number of quaternary nitrogens is 1. The minimum Gasteiger partial charge on any atom is -0.334 e. The molecule has 1 aromatic carbocycles. The van der Waals surface area contributed by atoms with Crippen molar-refractivity contribution in [2.75, 3.05) is 37.6 Å². The maximum absolute atomic E-state index is 12.3. The Bertz CT molecular complexity index is 613. The lowest BCUT2D eigenvalue weighted by Gasteiger charge is -2.19. The standard InChI is InChI=1S/C19H30N4O2/c1-5-22(6-2)10-9-20-19(25)21-16-12-18(24)23(13-16)17-8-7-14(3)15(4)11-17/h7-8,11,16H,5-6,9-10,12-13H2,1-4H3,(H2,20,21,25)/p+1/t16-/m1/s1. The number of rotatable bonds is 7. The second-order valence-electron chi connectivity index (χ2n) is 6.78. The van der Waals surface area contributed by atoms with Gasteiger partial charge in [-0.1, -0.05) is 6.07 Å². The third-order valence-corrected chi connectivity index (χ3v) is 5.03. The Morgan fingerprint density at radius 3 is 2.60 bits per heavy atom. The maximum Gasteiger partial charge on any atom is 0.315 e. The Kier molecular flexibility index (Phi) is 6.82. The van der Waals surface area contributed by atoms with Crippen molar-refractivity contribution >= 4 is 17.6 Å². The number of benzene rings is 1. The highest BCUT2D eigenvalue weighted by atomic mass is 16.2. The lowest BCUT2D eigenvalue weighted by atomic mass is 10.1. The molecule has 6 heteroatoms. The average molecular weight is 347 g/mol. The van der Waals surface area contributed by atoms with Crippen LogP contribution < -0.4 is 20.4 Å². The molecule has 138 valence electrons. The van der Waals surface area contributed by atoms with Crippen LogP contribution in [0.25, 0.3) is 0 Å². The highest BCUT2D eigenvalue weighted by molar-refractivity contribution is 5.96. The number of nitrogens with zero attached hydrogens (tertiary/aromatic N) is 1. The number of carbonyl (C=O) groups is 2. The monoisotopic (exact) mass is 347 g/mol. The maximum atomic E-state index is 12.3. The highest BCUT2D eigenvalue weighted by Crippen LogP contribution is 2.23. The first-order chi connectivity index (χ1) is 11.9. The molecule has 6 nitrogen and oxygen atoms in total. The molecule has 0 bridgehead atoms. The lowest BCUT2D eigenvalue weighted by Crippen LogP contribution is -3.12. The summed E-state index contributed by atoms with van der Waals surface area (Å²) >= 11 is 0. The molecule has 1 heterocycles. The molecule has 1 fully saturated rings. The Balaban J connectivity index is 1.83. The van der Waals surface area contributed by atoms with Gasteiger partial charge in [-0.15, -0.1) is 0 Å². The summed E-state index contributed by atoms with van der Waals surface area (Å²) in [4.78, 5) is 27.6. The van der Waals surface area contributed by atoms with Gasteiger partial charge in [-0.3, -0.25) is 4.79 Å². The topological polar surface area (TPSA) is 65.9 Å². The van der Waals surface area contributed by atoms with Crippen LogP contribution >= 0.6 is 0 Å². The van der Waals surface area contributed by atoms with E-state index in [1.807, 2.05) is 25.1 Å². The van der Waals surface area contributed by atoms with Gasteiger partial charge in [0.15, 0.2) is 0 Å². The summed E-state index contributed by atoms with van der Waals surface area (Å²) in [6, 6.07) is 5.69. The largest absolute Gasteiger partial charge is 0.334 e. The van der Waals surface area contributed by atoms with Crippen LogP contribution in [0.3, 0.4) is 0 Å². The van der Waals surface area contributed by atoms with Gasteiger partial charge in [0.05, 0.1) is 32.2 Å². The number of hydrogen-bond acceptors (Lipinski definition) is 2. The summed E-state index contributed by atoms with van der Waals surface area (Å²) in [5, 5.41) is 5.82. The van der Waals surface area contributed by atoms with Crippen LogP contribution in [-0.4, -0.2) is 50.7 Å². The number of likely N-dealkylation sites (N-methyl/N-ethyl adjacent to an activating group) is 1. The van der Waals surface area contributed by atoms with Gasteiger partial charge in [0, 0.05) is 18.7 Å². The zero-order chi connectivity index (χ0) is 18.4. The van der Waals surface area contributed by atoms with Crippen molar-refractivity contribution in [3.63, 3.8) is 0 Å². The summed E-state index contributed by atoms with van der Waals surface area (Å²) < 4.78 is 0. The fraction of sp³-hybridized carbons (Fsp3) is 0.579. The van der Waals surface area contributed by atoms with Crippen LogP contribution in [0.5, 0.6) is 0 Å². The van der Waals surface area contributed by atoms with Crippen molar-refractivity contribution in [2.45, 2.75) is 40.2 Å². The molecule has 0 spiro atoms.